The van der Waals surface area contributed by atoms with Crippen LogP contribution in [0.15, 0.2) is 40.7 Å². The molecule has 6 nitrogen and oxygen atoms in total. The first-order valence-electron chi connectivity index (χ1n) is 11.5. The van der Waals surface area contributed by atoms with Gasteiger partial charge in [-0.25, -0.2) is 4.98 Å². The maximum absolute atomic E-state index is 9.78. The van der Waals surface area contributed by atoms with Crippen LogP contribution in [0, 0.1) is 5.92 Å². The molecule has 1 unspecified atom stereocenters. The van der Waals surface area contributed by atoms with Crippen molar-refractivity contribution in [1.82, 2.24) is 20.5 Å². The Labute approximate surface area is 190 Å². The van der Waals surface area contributed by atoms with Crippen LogP contribution in [0.25, 0.3) is 0 Å². The van der Waals surface area contributed by atoms with Gasteiger partial charge < -0.3 is 15.7 Å². The van der Waals surface area contributed by atoms with Crippen LogP contribution in [-0.2, 0) is 13.0 Å². The molecule has 0 aliphatic carbocycles. The summed E-state index contributed by atoms with van der Waals surface area (Å²) >= 11 is 1.78. The van der Waals surface area contributed by atoms with Gasteiger partial charge in [0.2, 0.25) is 0 Å². The summed E-state index contributed by atoms with van der Waals surface area (Å²) in [4.78, 5) is 12.0. The van der Waals surface area contributed by atoms with Crippen LogP contribution in [0.4, 0.5) is 0 Å². The summed E-state index contributed by atoms with van der Waals surface area (Å²) in [5.41, 5.74) is 2.35. The smallest absolute Gasteiger partial charge is 0.191 e. The molecule has 7 heteroatoms. The second kappa shape index (κ2) is 12.8. The SMILES string of the molecule is CCNC(=NCC(CO)c1ccccc1)NCC1CCN(Cc2csc(CC)n2)CC1. The molecule has 1 saturated heterocycles. The number of aliphatic hydroxyl groups is 1. The minimum absolute atomic E-state index is 0.0267. The lowest BCUT2D eigenvalue weighted by Gasteiger charge is -2.31. The van der Waals surface area contributed by atoms with Crippen LogP contribution in [0.1, 0.15) is 48.9 Å². The van der Waals surface area contributed by atoms with E-state index in [1.165, 1.54) is 23.5 Å². The topological polar surface area (TPSA) is 72.8 Å². The number of rotatable bonds is 10. The Kier molecular flexibility index (Phi) is 9.78. The fourth-order valence-corrected chi connectivity index (χ4v) is 4.68. The van der Waals surface area contributed by atoms with Crippen molar-refractivity contribution in [3.8, 4) is 0 Å². The number of piperidine rings is 1. The standard InChI is InChI=1S/C24H37N5OS/c1-3-23-28-22(18-31-23)16-29-12-10-19(11-13-29)14-26-24(25-4-2)27-15-21(17-30)20-8-6-5-7-9-20/h5-9,18-19,21,30H,3-4,10-17H2,1-2H3,(H2,25,26,27). The zero-order valence-corrected chi connectivity index (χ0v) is 19.7. The molecule has 3 rings (SSSR count). The summed E-state index contributed by atoms with van der Waals surface area (Å²) in [6.45, 7) is 9.91. The van der Waals surface area contributed by atoms with Gasteiger partial charge in [0.15, 0.2) is 5.96 Å². The molecule has 2 aromatic rings. The molecule has 31 heavy (non-hydrogen) atoms. The van der Waals surface area contributed by atoms with Crippen molar-refractivity contribution in [2.45, 2.75) is 45.6 Å². The van der Waals surface area contributed by atoms with Gasteiger partial charge in [-0.15, -0.1) is 11.3 Å². The third-order valence-corrected chi connectivity index (χ3v) is 6.90. The van der Waals surface area contributed by atoms with Crippen molar-refractivity contribution in [3.05, 3.63) is 52.0 Å². The number of aliphatic imine (C=N–C) groups is 1. The summed E-state index contributed by atoms with van der Waals surface area (Å²) in [5.74, 6) is 1.53. The van der Waals surface area contributed by atoms with E-state index in [0.717, 1.165) is 50.7 Å². The summed E-state index contributed by atoms with van der Waals surface area (Å²) in [5, 5.41) is 20.1. The third kappa shape index (κ3) is 7.59. The summed E-state index contributed by atoms with van der Waals surface area (Å²) in [7, 11) is 0. The highest BCUT2D eigenvalue weighted by Crippen LogP contribution is 2.20. The van der Waals surface area contributed by atoms with Crippen LogP contribution in [-0.4, -0.2) is 60.3 Å². The average Bonchev–Trinajstić information content (AvgIpc) is 3.27. The van der Waals surface area contributed by atoms with E-state index in [1.807, 2.05) is 18.2 Å². The lowest BCUT2D eigenvalue weighted by Crippen LogP contribution is -2.43. The van der Waals surface area contributed by atoms with Gasteiger partial charge in [-0.1, -0.05) is 37.3 Å². The highest BCUT2D eigenvalue weighted by atomic mass is 32.1. The summed E-state index contributed by atoms with van der Waals surface area (Å²) in [6.07, 6.45) is 3.42. The number of nitrogens with one attached hydrogen (secondary N) is 2. The molecule has 1 fully saturated rings. The van der Waals surface area contributed by atoms with Gasteiger partial charge in [0, 0.05) is 30.9 Å². The first-order valence-corrected chi connectivity index (χ1v) is 12.4. The van der Waals surface area contributed by atoms with Crippen LogP contribution in [0.2, 0.25) is 0 Å². The normalized spacial score (nSPS) is 16.9. The molecule has 1 aromatic carbocycles. The number of aryl methyl sites for hydroxylation is 1. The van der Waals surface area contributed by atoms with Crippen LogP contribution in [0.3, 0.4) is 0 Å². The minimum atomic E-state index is 0.0267. The van der Waals surface area contributed by atoms with Crippen molar-refractivity contribution in [2.24, 2.45) is 10.9 Å². The van der Waals surface area contributed by atoms with Gasteiger partial charge in [0.05, 0.1) is 23.9 Å². The van der Waals surface area contributed by atoms with Crippen molar-refractivity contribution >= 4 is 17.3 Å². The Morgan fingerprint density at radius 3 is 2.65 bits per heavy atom. The van der Waals surface area contributed by atoms with E-state index in [4.69, 9.17) is 9.98 Å². The number of hydrogen-bond acceptors (Lipinski definition) is 5. The molecule has 0 spiro atoms. The van der Waals surface area contributed by atoms with E-state index < -0.39 is 0 Å². The Balaban J connectivity index is 1.44. The number of aromatic nitrogens is 1. The fourth-order valence-electron chi connectivity index (χ4n) is 3.94. The number of benzene rings is 1. The van der Waals surface area contributed by atoms with Crippen molar-refractivity contribution in [2.75, 3.05) is 39.3 Å². The molecule has 0 bridgehead atoms. The van der Waals surface area contributed by atoms with Crippen molar-refractivity contribution in [1.29, 1.82) is 0 Å². The summed E-state index contributed by atoms with van der Waals surface area (Å²) in [6, 6.07) is 10.1. The molecule has 1 aliphatic heterocycles. The highest BCUT2D eigenvalue weighted by Gasteiger charge is 2.20. The Morgan fingerprint density at radius 2 is 2.00 bits per heavy atom. The second-order valence-electron chi connectivity index (χ2n) is 8.20. The number of nitrogens with zero attached hydrogens (tertiary/aromatic N) is 3. The third-order valence-electron chi connectivity index (χ3n) is 5.86. The van der Waals surface area contributed by atoms with E-state index in [0.29, 0.717) is 12.5 Å². The van der Waals surface area contributed by atoms with E-state index in [1.54, 1.807) is 11.3 Å². The molecule has 2 heterocycles. The number of guanidine groups is 1. The van der Waals surface area contributed by atoms with Gasteiger partial charge >= 0.3 is 0 Å². The van der Waals surface area contributed by atoms with E-state index in [9.17, 15) is 5.11 Å². The highest BCUT2D eigenvalue weighted by molar-refractivity contribution is 7.09. The molecule has 0 saturated carbocycles. The first-order chi connectivity index (χ1) is 15.2. The number of likely N-dealkylation sites (tertiary alicyclic amines) is 1. The number of hydrogen-bond donors (Lipinski definition) is 3. The molecule has 170 valence electrons. The predicted molar refractivity (Wildman–Crippen MR) is 130 cm³/mol. The van der Waals surface area contributed by atoms with Crippen LogP contribution < -0.4 is 10.6 Å². The van der Waals surface area contributed by atoms with Gasteiger partial charge in [0.25, 0.3) is 0 Å². The van der Waals surface area contributed by atoms with Crippen molar-refractivity contribution < 1.29 is 5.11 Å². The van der Waals surface area contributed by atoms with Crippen molar-refractivity contribution in [3.63, 3.8) is 0 Å². The minimum Gasteiger partial charge on any atom is -0.396 e. The van der Waals surface area contributed by atoms with Gasteiger partial charge in [-0.3, -0.25) is 9.89 Å². The van der Waals surface area contributed by atoms with E-state index >= 15 is 0 Å². The van der Waals surface area contributed by atoms with Gasteiger partial charge in [-0.05, 0) is 50.8 Å². The van der Waals surface area contributed by atoms with E-state index in [2.05, 4.69) is 46.9 Å². The molecule has 3 N–H and O–H groups in total. The Bertz CT molecular complexity index is 786. The molecular weight excluding hydrogens is 406 g/mol. The van der Waals surface area contributed by atoms with Crippen LogP contribution in [0.5, 0.6) is 0 Å². The van der Waals surface area contributed by atoms with Gasteiger partial charge in [-0.2, -0.15) is 0 Å². The Morgan fingerprint density at radius 1 is 1.23 bits per heavy atom. The molecule has 0 radical (unpaired) electrons. The fraction of sp³-hybridized carbons (Fsp3) is 0.583. The molecule has 1 aliphatic rings. The predicted octanol–water partition coefficient (Wildman–Crippen LogP) is 3.25. The largest absolute Gasteiger partial charge is 0.396 e. The van der Waals surface area contributed by atoms with Gasteiger partial charge in [0.1, 0.15) is 0 Å². The first kappa shape index (κ1) is 23.7. The number of aliphatic hydroxyl groups excluding tert-OH is 1. The zero-order valence-electron chi connectivity index (χ0n) is 18.9. The lowest BCUT2D eigenvalue weighted by molar-refractivity contribution is 0.176. The van der Waals surface area contributed by atoms with Crippen LogP contribution >= 0.6 is 11.3 Å². The molecular formula is C24H37N5OS. The lowest BCUT2D eigenvalue weighted by atomic mass is 9.97. The maximum Gasteiger partial charge on any atom is 0.191 e. The second-order valence-corrected chi connectivity index (χ2v) is 9.14. The molecule has 1 aromatic heterocycles. The molecule has 0 amide bonds. The monoisotopic (exact) mass is 443 g/mol. The number of thiazole rings is 1. The quantitative estimate of drug-likeness (QED) is 0.388. The maximum atomic E-state index is 9.78. The molecule has 1 atom stereocenters. The average molecular weight is 444 g/mol. The summed E-state index contributed by atoms with van der Waals surface area (Å²) < 4.78 is 0. The zero-order chi connectivity index (χ0) is 21.9. The Hall–Kier alpha value is -1.96. The van der Waals surface area contributed by atoms with E-state index in [-0.39, 0.29) is 12.5 Å².